The monoisotopic (exact) mass is 501 g/mol. The molecule has 1 aliphatic heterocycles. The molecule has 0 fully saturated rings. The molecular weight excluding hydrogens is 473 g/mol. The van der Waals surface area contributed by atoms with Crippen LogP contribution in [0.5, 0.6) is 0 Å². The molecule has 2 aromatic carbocycles. The van der Waals surface area contributed by atoms with Crippen molar-refractivity contribution in [3.63, 3.8) is 0 Å². The van der Waals surface area contributed by atoms with E-state index in [2.05, 4.69) is 4.90 Å². The van der Waals surface area contributed by atoms with Crippen LogP contribution < -0.4 is 10.9 Å². The maximum Gasteiger partial charge on any atom is 0.238 e. The third-order valence-electron chi connectivity index (χ3n) is 5.47. The summed E-state index contributed by atoms with van der Waals surface area (Å²) in [6, 6.07) is 8.85. The summed E-state index contributed by atoms with van der Waals surface area (Å²) in [6.45, 7) is 3.47. The molecule has 0 bridgehead atoms. The molecule has 0 saturated carbocycles. The fourth-order valence-electron chi connectivity index (χ4n) is 4.13. The van der Waals surface area contributed by atoms with Crippen LogP contribution >= 0.6 is 23.2 Å². The zero-order chi connectivity index (χ0) is 23.3. The minimum atomic E-state index is -3.92. The van der Waals surface area contributed by atoms with Gasteiger partial charge in [-0.2, -0.15) is 0 Å². The number of nitrogens with two attached hydrogens (primary N) is 2. The van der Waals surface area contributed by atoms with Crippen molar-refractivity contribution in [1.82, 2.24) is 4.90 Å². The molecule has 2 aromatic rings. The van der Waals surface area contributed by atoms with Gasteiger partial charge >= 0.3 is 0 Å². The molecule has 1 heterocycles. The lowest BCUT2D eigenvalue weighted by Crippen LogP contribution is -2.32. The number of primary sulfonamides is 1. The van der Waals surface area contributed by atoms with Crippen molar-refractivity contribution in [1.29, 1.82) is 0 Å². The molecule has 4 N–H and O–H groups in total. The third kappa shape index (κ3) is 6.21. The number of ether oxygens (including phenoxy) is 2. The number of fused-ring (bicyclic) bond motifs is 1. The van der Waals surface area contributed by atoms with Gasteiger partial charge in [0.25, 0.3) is 0 Å². The highest BCUT2D eigenvalue weighted by molar-refractivity contribution is 7.89. The second-order valence-electron chi connectivity index (χ2n) is 7.84. The Balaban J connectivity index is 1.95. The van der Waals surface area contributed by atoms with Gasteiger partial charge in [-0.25, -0.2) is 13.6 Å². The summed E-state index contributed by atoms with van der Waals surface area (Å²) in [5.74, 6) is -0.107. The topological polar surface area (TPSA) is 108 Å². The quantitative estimate of drug-likeness (QED) is 0.484. The van der Waals surface area contributed by atoms with Gasteiger partial charge in [-0.3, -0.25) is 0 Å². The number of hydrogen-bond acceptors (Lipinski definition) is 6. The van der Waals surface area contributed by atoms with Crippen LogP contribution in [0, 0.1) is 0 Å². The Labute approximate surface area is 199 Å². The largest absolute Gasteiger partial charge is 0.379 e. The van der Waals surface area contributed by atoms with Crippen molar-refractivity contribution in [3.8, 4) is 0 Å². The van der Waals surface area contributed by atoms with E-state index >= 15 is 0 Å². The molecule has 0 amide bonds. The van der Waals surface area contributed by atoms with E-state index in [0.29, 0.717) is 68.1 Å². The van der Waals surface area contributed by atoms with E-state index in [4.69, 9.17) is 43.5 Å². The lowest BCUT2D eigenvalue weighted by atomic mass is 9.82. The molecule has 0 saturated heterocycles. The van der Waals surface area contributed by atoms with Crippen LogP contribution in [0.2, 0.25) is 10.0 Å². The molecule has 1 atom stereocenters. The summed E-state index contributed by atoms with van der Waals surface area (Å²) in [6.07, 6.45) is 0.392. The van der Waals surface area contributed by atoms with Gasteiger partial charge in [-0.1, -0.05) is 35.3 Å². The van der Waals surface area contributed by atoms with Crippen LogP contribution in [0.15, 0.2) is 35.2 Å². The number of sulfonamides is 1. The Hall–Kier alpha value is -1.23. The van der Waals surface area contributed by atoms with Crippen molar-refractivity contribution in [2.24, 2.45) is 10.9 Å². The first-order chi connectivity index (χ1) is 15.2. The van der Waals surface area contributed by atoms with Gasteiger partial charge in [-0.15, -0.1) is 0 Å². The van der Waals surface area contributed by atoms with Crippen molar-refractivity contribution in [3.05, 3.63) is 62.6 Å². The van der Waals surface area contributed by atoms with E-state index in [1.807, 2.05) is 19.2 Å². The van der Waals surface area contributed by atoms with E-state index in [1.54, 1.807) is 12.1 Å². The first-order valence-corrected chi connectivity index (χ1v) is 12.7. The van der Waals surface area contributed by atoms with Gasteiger partial charge in [0.05, 0.1) is 31.3 Å². The Morgan fingerprint density at radius 1 is 1.09 bits per heavy atom. The van der Waals surface area contributed by atoms with E-state index < -0.39 is 10.0 Å². The molecule has 32 heavy (non-hydrogen) atoms. The summed E-state index contributed by atoms with van der Waals surface area (Å²) < 4.78 is 35.7. The Bertz CT molecular complexity index is 1050. The van der Waals surface area contributed by atoms with E-state index in [-0.39, 0.29) is 10.8 Å². The first kappa shape index (κ1) is 25.4. The zero-order valence-corrected chi connectivity index (χ0v) is 20.3. The maximum absolute atomic E-state index is 12.4. The third-order valence-corrected chi connectivity index (χ3v) is 7.03. The lowest BCUT2D eigenvalue weighted by Gasteiger charge is -2.34. The maximum atomic E-state index is 12.4. The first-order valence-electron chi connectivity index (χ1n) is 10.4. The number of halogens is 2. The molecule has 0 aliphatic carbocycles. The van der Waals surface area contributed by atoms with Crippen molar-refractivity contribution >= 4 is 33.2 Å². The molecule has 0 spiro atoms. The summed E-state index contributed by atoms with van der Waals surface area (Å²) in [4.78, 5) is 2.27. The molecule has 0 aromatic heterocycles. The Kier molecular flexibility index (Phi) is 8.94. The number of benzene rings is 2. The fourth-order valence-corrected chi connectivity index (χ4v) is 5.53. The standard InChI is InChI=1S/C22H29Cl2N3O4S/c1-27-13-19(18-11-15(23)12-21(24)20(18)14-27)16-3-2-4-22(32(26,28)29)17(16)5-7-30-9-10-31-8-6-25/h2-4,11-12,19H,5-10,13-14,25H2,1H3,(H2,26,28,29). The molecule has 7 nitrogen and oxygen atoms in total. The molecule has 1 unspecified atom stereocenters. The fraction of sp³-hybridized carbons (Fsp3) is 0.455. The zero-order valence-electron chi connectivity index (χ0n) is 18.0. The molecule has 1 aliphatic rings. The summed E-state index contributed by atoms with van der Waals surface area (Å²) in [7, 11) is -1.91. The van der Waals surface area contributed by atoms with Crippen LogP contribution in [-0.2, 0) is 32.5 Å². The van der Waals surface area contributed by atoms with Gasteiger partial charge in [0.2, 0.25) is 10.0 Å². The SMILES string of the molecule is CN1Cc2c(Cl)cc(Cl)cc2C(c2cccc(S(N)(=O)=O)c2CCOCCOCCN)C1. The van der Waals surface area contributed by atoms with Gasteiger partial charge in [-0.05, 0) is 53.9 Å². The van der Waals surface area contributed by atoms with E-state index in [0.717, 1.165) is 16.7 Å². The molecule has 176 valence electrons. The van der Waals surface area contributed by atoms with Crippen LogP contribution in [0.3, 0.4) is 0 Å². The Morgan fingerprint density at radius 2 is 1.81 bits per heavy atom. The lowest BCUT2D eigenvalue weighted by molar-refractivity contribution is 0.0517. The Morgan fingerprint density at radius 3 is 2.50 bits per heavy atom. The van der Waals surface area contributed by atoms with E-state index in [9.17, 15) is 8.42 Å². The second-order valence-corrected chi connectivity index (χ2v) is 10.2. The summed E-state index contributed by atoms with van der Waals surface area (Å²) in [5, 5.41) is 6.71. The van der Waals surface area contributed by atoms with Crippen LogP contribution in [0.25, 0.3) is 0 Å². The highest BCUT2D eigenvalue weighted by Gasteiger charge is 2.30. The van der Waals surface area contributed by atoms with Crippen LogP contribution in [0.1, 0.15) is 28.2 Å². The normalized spacial score (nSPS) is 16.8. The average molecular weight is 502 g/mol. The minimum Gasteiger partial charge on any atom is -0.379 e. The number of likely N-dealkylation sites (N-methyl/N-ethyl adjacent to an activating group) is 1. The highest BCUT2D eigenvalue weighted by Crippen LogP contribution is 2.40. The van der Waals surface area contributed by atoms with E-state index in [1.165, 1.54) is 6.07 Å². The minimum absolute atomic E-state index is 0.107. The van der Waals surface area contributed by atoms with Gasteiger partial charge in [0.1, 0.15) is 0 Å². The van der Waals surface area contributed by atoms with Gasteiger partial charge < -0.3 is 20.1 Å². The summed E-state index contributed by atoms with van der Waals surface area (Å²) >= 11 is 12.8. The second kappa shape index (κ2) is 11.3. The molecule has 0 radical (unpaired) electrons. The number of rotatable bonds is 10. The molecular formula is C22H29Cl2N3O4S. The van der Waals surface area contributed by atoms with Crippen molar-refractivity contribution in [2.45, 2.75) is 23.8 Å². The molecule has 10 heteroatoms. The van der Waals surface area contributed by atoms with Crippen molar-refractivity contribution in [2.75, 3.05) is 46.6 Å². The number of hydrogen-bond donors (Lipinski definition) is 2. The number of nitrogens with zero attached hydrogens (tertiary/aromatic N) is 1. The predicted octanol–water partition coefficient (Wildman–Crippen LogP) is 2.75. The van der Waals surface area contributed by atoms with Crippen LogP contribution in [0.4, 0.5) is 0 Å². The predicted molar refractivity (Wildman–Crippen MR) is 127 cm³/mol. The van der Waals surface area contributed by atoms with Gasteiger partial charge in [0.15, 0.2) is 0 Å². The molecule has 3 rings (SSSR count). The summed E-state index contributed by atoms with van der Waals surface area (Å²) in [5.41, 5.74) is 8.93. The smallest absolute Gasteiger partial charge is 0.238 e. The van der Waals surface area contributed by atoms with Crippen LogP contribution in [-0.4, -0.2) is 59.9 Å². The average Bonchev–Trinajstić information content (AvgIpc) is 2.72. The van der Waals surface area contributed by atoms with Crippen molar-refractivity contribution < 1.29 is 17.9 Å². The highest BCUT2D eigenvalue weighted by atomic mass is 35.5. The van der Waals surface area contributed by atoms with Gasteiger partial charge in [0, 0.05) is 35.6 Å².